The fourth-order valence-corrected chi connectivity index (χ4v) is 2.99. The minimum absolute atomic E-state index is 0.0690. The van der Waals surface area contributed by atoms with Crippen LogP contribution in [0.4, 0.5) is 0 Å². The van der Waals surface area contributed by atoms with Crippen molar-refractivity contribution in [1.82, 2.24) is 5.32 Å². The number of esters is 1. The highest BCUT2D eigenvalue weighted by atomic mass is 16.7. The first-order valence-electron chi connectivity index (χ1n) is 8.97. The maximum Gasteiger partial charge on any atom is 0.309 e. The Kier molecular flexibility index (Phi) is 6.37. The van der Waals surface area contributed by atoms with Crippen LogP contribution in [0.3, 0.4) is 0 Å². The number of nitrogens with one attached hydrogen (secondary N) is 1. The molecule has 0 aromatic heterocycles. The Balaban J connectivity index is 1.61. The van der Waals surface area contributed by atoms with Gasteiger partial charge in [0.15, 0.2) is 11.5 Å². The fourth-order valence-electron chi connectivity index (χ4n) is 2.99. The fraction of sp³-hybridized carbons (Fsp3) is 0.333. The van der Waals surface area contributed by atoms with E-state index in [0.717, 1.165) is 11.3 Å². The third kappa shape index (κ3) is 4.94. The van der Waals surface area contributed by atoms with Crippen LogP contribution in [-0.4, -0.2) is 39.4 Å². The van der Waals surface area contributed by atoms with Crippen LogP contribution in [0.25, 0.3) is 0 Å². The number of hydrogen-bond donors (Lipinski definition) is 1. The second kappa shape index (κ2) is 9.12. The van der Waals surface area contributed by atoms with Gasteiger partial charge < -0.3 is 24.3 Å². The molecule has 0 bridgehead atoms. The molecule has 28 heavy (non-hydrogen) atoms. The molecule has 7 nitrogen and oxygen atoms in total. The molecule has 0 fully saturated rings. The van der Waals surface area contributed by atoms with Gasteiger partial charge in [0.25, 0.3) is 0 Å². The SMILES string of the molecule is COC(=O)Cc1cc2c(cc1CC(=O)NCCc1cccc(OC)c1)OCO2. The van der Waals surface area contributed by atoms with Gasteiger partial charge in [-0.2, -0.15) is 0 Å². The third-order valence-electron chi connectivity index (χ3n) is 4.48. The van der Waals surface area contributed by atoms with Gasteiger partial charge in [0.1, 0.15) is 5.75 Å². The molecule has 1 amide bonds. The molecule has 0 aliphatic carbocycles. The molecule has 2 aromatic rings. The molecule has 3 rings (SSSR count). The molecule has 7 heteroatoms. The summed E-state index contributed by atoms with van der Waals surface area (Å²) in [4.78, 5) is 24.1. The molecule has 0 spiro atoms. The van der Waals surface area contributed by atoms with E-state index >= 15 is 0 Å². The second-order valence-corrected chi connectivity index (χ2v) is 6.36. The van der Waals surface area contributed by atoms with E-state index in [-0.39, 0.29) is 31.5 Å². The predicted molar refractivity (Wildman–Crippen MR) is 102 cm³/mol. The van der Waals surface area contributed by atoms with Gasteiger partial charge in [0.2, 0.25) is 12.7 Å². The number of carbonyl (C=O) groups excluding carboxylic acids is 2. The maximum atomic E-state index is 12.4. The highest BCUT2D eigenvalue weighted by Gasteiger charge is 2.20. The number of amides is 1. The number of hydrogen-bond acceptors (Lipinski definition) is 6. The van der Waals surface area contributed by atoms with Crippen molar-refractivity contribution in [3.8, 4) is 17.2 Å². The molecule has 1 aliphatic heterocycles. The van der Waals surface area contributed by atoms with Gasteiger partial charge in [-0.25, -0.2) is 0 Å². The van der Waals surface area contributed by atoms with Crippen LogP contribution < -0.4 is 19.5 Å². The van der Waals surface area contributed by atoms with Crippen LogP contribution in [-0.2, 0) is 33.6 Å². The molecule has 0 saturated heterocycles. The Morgan fingerprint density at radius 3 is 2.43 bits per heavy atom. The summed E-state index contributed by atoms with van der Waals surface area (Å²) in [6.07, 6.45) is 0.903. The van der Waals surface area contributed by atoms with Gasteiger partial charge in [-0.1, -0.05) is 12.1 Å². The zero-order chi connectivity index (χ0) is 19.9. The Hall–Kier alpha value is -3.22. The van der Waals surface area contributed by atoms with Gasteiger partial charge in [-0.05, 0) is 47.4 Å². The van der Waals surface area contributed by atoms with E-state index in [9.17, 15) is 9.59 Å². The van der Waals surface area contributed by atoms with Crippen molar-refractivity contribution >= 4 is 11.9 Å². The Morgan fingerprint density at radius 2 is 1.75 bits per heavy atom. The highest BCUT2D eigenvalue weighted by Crippen LogP contribution is 2.35. The van der Waals surface area contributed by atoms with Gasteiger partial charge in [-0.15, -0.1) is 0 Å². The average Bonchev–Trinajstić information content (AvgIpc) is 3.15. The van der Waals surface area contributed by atoms with Crippen molar-refractivity contribution in [1.29, 1.82) is 0 Å². The molecular weight excluding hydrogens is 362 g/mol. The highest BCUT2D eigenvalue weighted by molar-refractivity contribution is 5.80. The number of carbonyl (C=O) groups is 2. The normalized spacial score (nSPS) is 11.8. The van der Waals surface area contributed by atoms with Crippen LogP contribution in [0.2, 0.25) is 0 Å². The molecular formula is C21H23NO6. The second-order valence-electron chi connectivity index (χ2n) is 6.36. The van der Waals surface area contributed by atoms with E-state index in [2.05, 4.69) is 5.32 Å². The summed E-state index contributed by atoms with van der Waals surface area (Å²) in [6, 6.07) is 11.2. The van der Waals surface area contributed by atoms with Gasteiger partial charge in [-0.3, -0.25) is 9.59 Å². The van der Waals surface area contributed by atoms with Crippen LogP contribution >= 0.6 is 0 Å². The van der Waals surface area contributed by atoms with Crippen LogP contribution in [0.1, 0.15) is 16.7 Å². The quantitative estimate of drug-likeness (QED) is 0.701. The predicted octanol–water partition coefficient (Wildman–Crippen LogP) is 2.04. The van der Waals surface area contributed by atoms with Crippen LogP contribution in [0, 0.1) is 0 Å². The van der Waals surface area contributed by atoms with Crippen molar-refractivity contribution in [2.75, 3.05) is 27.6 Å². The summed E-state index contributed by atoms with van der Waals surface area (Å²) in [5, 5.41) is 2.91. The number of methoxy groups -OCH3 is 2. The van der Waals surface area contributed by atoms with Crippen molar-refractivity contribution in [2.24, 2.45) is 0 Å². The molecule has 0 unspecified atom stereocenters. The molecule has 1 heterocycles. The minimum Gasteiger partial charge on any atom is -0.497 e. The summed E-state index contributed by atoms with van der Waals surface area (Å²) in [7, 11) is 2.96. The Morgan fingerprint density at radius 1 is 1.04 bits per heavy atom. The van der Waals surface area contributed by atoms with Crippen LogP contribution in [0.5, 0.6) is 17.2 Å². The van der Waals surface area contributed by atoms with E-state index in [1.165, 1.54) is 7.11 Å². The summed E-state index contributed by atoms with van der Waals surface area (Å²) in [6.45, 7) is 0.631. The first kappa shape index (κ1) is 19.5. The number of fused-ring (bicyclic) bond motifs is 1. The molecule has 1 aliphatic rings. The van der Waals surface area contributed by atoms with E-state index in [0.29, 0.717) is 35.6 Å². The maximum absolute atomic E-state index is 12.4. The zero-order valence-corrected chi connectivity index (χ0v) is 15.9. The molecule has 0 saturated carbocycles. The molecule has 1 N–H and O–H groups in total. The smallest absolute Gasteiger partial charge is 0.309 e. The van der Waals surface area contributed by atoms with Gasteiger partial charge in [0.05, 0.1) is 27.1 Å². The topological polar surface area (TPSA) is 83.1 Å². The zero-order valence-electron chi connectivity index (χ0n) is 15.9. The van der Waals surface area contributed by atoms with Crippen LogP contribution in [0.15, 0.2) is 36.4 Å². The largest absolute Gasteiger partial charge is 0.497 e. The standard InChI is InChI=1S/C21H23NO6/c1-25-17-5-3-4-14(8-17)6-7-22-20(23)11-15-9-18-19(28-13-27-18)10-16(15)12-21(24)26-2/h3-5,8-10H,6-7,11-13H2,1-2H3,(H,22,23). The number of benzene rings is 2. The van der Waals surface area contributed by atoms with Crippen molar-refractivity contribution in [3.05, 3.63) is 53.1 Å². The lowest BCUT2D eigenvalue weighted by Crippen LogP contribution is -2.27. The molecule has 2 aromatic carbocycles. The summed E-state index contributed by atoms with van der Waals surface area (Å²) in [5.41, 5.74) is 2.49. The molecule has 148 valence electrons. The Labute approximate surface area is 163 Å². The average molecular weight is 385 g/mol. The number of rotatable bonds is 8. The summed E-state index contributed by atoms with van der Waals surface area (Å²) in [5.74, 6) is 1.43. The van der Waals surface area contributed by atoms with Crippen molar-refractivity contribution in [2.45, 2.75) is 19.3 Å². The molecule has 0 radical (unpaired) electrons. The van der Waals surface area contributed by atoms with Crippen molar-refractivity contribution in [3.63, 3.8) is 0 Å². The monoisotopic (exact) mass is 385 g/mol. The number of ether oxygens (including phenoxy) is 4. The molecule has 0 atom stereocenters. The van der Waals surface area contributed by atoms with Gasteiger partial charge >= 0.3 is 5.97 Å². The van der Waals surface area contributed by atoms with E-state index in [1.807, 2.05) is 24.3 Å². The summed E-state index contributed by atoms with van der Waals surface area (Å²) >= 11 is 0. The van der Waals surface area contributed by atoms with E-state index in [4.69, 9.17) is 18.9 Å². The minimum atomic E-state index is -0.376. The van der Waals surface area contributed by atoms with E-state index < -0.39 is 0 Å². The lowest BCUT2D eigenvalue weighted by atomic mass is 10.0. The lowest BCUT2D eigenvalue weighted by molar-refractivity contribution is -0.139. The van der Waals surface area contributed by atoms with E-state index in [1.54, 1.807) is 19.2 Å². The van der Waals surface area contributed by atoms with Crippen molar-refractivity contribution < 1.29 is 28.5 Å². The third-order valence-corrected chi connectivity index (χ3v) is 4.48. The summed E-state index contributed by atoms with van der Waals surface area (Å²) < 4.78 is 20.7. The first-order chi connectivity index (χ1) is 13.6. The first-order valence-corrected chi connectivity index (χ1v) is 8.97. The Bertz CT molecular complexity index is 864. The van der Waals surface area contributed by atoms with Gasteiger partial charge in [0, 0.05) is 6.54 Å². The lowest BCUT2D eigenvalue weighted by Gasteiger charge is -2.11.